The van der Waals surface area contributed by atoms with E-state index in [1.807, 2.05) is 17.8 Å². The summed E-state index contributed by atoms with van der Waals surface area (Å²) >= 11 is 1.90. The standard InChI is InChI=1S/C14H16O2S/c15-14-8-12-10(6-7-13(12)16-14)9-17-11-4-2-1-3-5-11/h1-5,10,12-13H,6-9H2. The minimum Gasteiger partial charge on any atom is -0.462 e. The molecule has 1 aromatic carbocycles. The van der Waals surface area contributed by atoms with Crippen LogP contribution in [0.1, 0.15) is 19.3 Å². The van der Waals surface area contributed by atoms with Crippen LogP contribution in [0.4, 0.5) is 0 Å². The zero-order valence-electron chi connectivity index (χ0n) is 9.67. The van der Waals surface area contributed by atoms with Gasteiger partial charge in [-0.05, 0) is 30.9 Å². The largest absolute Gasteiger partial charge is 0.462 e. The molecule has 1 saturated carbocycles. The number of carbonyl (C=O) groups excluding carboxylic acids is 1. The average molecular weight is 248 g/mol. The summed E-state index contributed by atoms with van der Waals surface area (Å²) in [5.74, 6) is 2.26. The maximum Gasteiger partial charge on any atom is 0.306 e. The number of benzene rings is 1. The Bertz CT molecular complexity index is 404. The van der Waals surface area contributed by atoms with Crippen molar-refractivity contribution in [2.45, 2.75) is 30.3 Å². The maximum atomic E-state index is 11.2. The minimum absolute atomic E-state index is 0.00871. The molecule has 0 aromatic heterocycles. The molecule has 1 aliphatic carbocycles. The number of hydrogen-bond donors (Lipinski definition) is 0. The topological polar surface area (TPSA) is 26.3 Å². The molecular weight excluding hydrogens is 232 g/mol. The predicted molar refractivity (Wildman–Crippen MR) is 67.9 cm³/mol. The molecule has 1 aliphatic heterocycles. The molecule has 3 unspecified atom stereocenters. The number of esters is 1. The number of carbonyl (C=O) groups is 1. The first-order chi connectivity index (χ1) is 8.33. The van der Waals surface area contributed by atoms with Gasteiger partial charge >= 0.3 is 5.97 Å². The lowest BCUT2D eigenvalue weighted by molar-refractivity contribution is -0.141. The molecule has 1 heterocycles. The molecule has 3 atom stereocenters. The lowest BCUT2D eigenvalue weighted by Gasteiger charge is -2.15. The molecule has 2 nitrogen and oxygen atoms in total. The fourth-order valence-corrected chi connectivity index (χ4v) is 4.06. The smallest absolute Gasteiger partial charge is 0.306 e. The van der Waals surface area contributed by atoms with Gasteiger partial charge in [0.05, 0.1) is 6.42 Å². The molecule has 0 N–H and O–H groups in total. The summed E-state index contributed by atoms with van der Waals surface area (Å²) in [6, 6.07) is 10.5. The van der Waals surface area contributed by atoms with Gasteiger partial charge in [-0.3, -0.25) is 4.79 Å². The zero-order valence-corrected chi connectivity index (χ0v) is 10.5. The number of fused-ring (bicyclic) bond motifs is 1. The van der Waals surface area contributed by atoms with Gasteiger partial charge in [0.25, 0.3) is 0 Å². The third kappa shape index (κ3) is 2.34. The second-order valence-electron chi connectivity index (χ2n) is 4.86. The highest BCUT2D eigenvalue weighted by atomic mass is 32.2. The molecule has 3 rings (SSSR count). The SMILES string of the molecule is O=C1CC2C(CSc3ccccc3)CCC2O1. The minimum atomic E-state index is 0.00871. The van der Waals surface area contributed by atoms with Crippen LogP contribution in [0, 0.1) is 11.8 Å². The Hall–Kier alpha value is -0.960. The fraction of sp³-hybridized carbons (Fsp3) is 0.500. The van der Waals surface area contributed by atoms with Crippen LogP contribution in [0.2, 0.25) is 0 Å². The third-order valence-electron chi connectivity index (χ3n) is 3.80. The predicted octanol–water partition coefficient (Wildman–Crippen LogP) is 3.12. The van der Waals surface area contributed by atoms with Crippen molar-refractivity contribution in [1.82, 2.24) is 0 Å². The van der Waals surface area contributed by atoms with Crippen LogP contribution in [0.3, 0.4) is 0 Å². The van der Waals surface area contributed by atoms with Crippen molar-refractivity contribution in [2.24, 2.45) is 11.8 Å². The Balaban J connectivity index is 1.58. The summed E-state index contributed by atoms with van der Waals surface area (Å²) < 4.78 is 5.32. The Morgan fingerprint density at radius 1 is 1.24 bits per heavy atom. The molecule has 2 fully saturated rings. The van der Waals surface area contributed by atoms with Gasteiger partial charge in [0, 0.05) is 16.6 Å². The number of hydrogen-bond acceptors (Lipinski definition) is 3. The van der Waals surface area contributed by atoms with E-state index in [-0.39, 0.29) is 12.1 Å². The highest BCUT2D eigenvalue weighted by Gasteiger charge is 2.44. The zero-order chi connectivity index (χ0) is 11.7. The second kappa shape index (κ2) is 4.73. The van der Waals surface area contributed by atoms with Gasteiger partial charge in [-0.15, -0.1) is 11.8 Å². The first-order valence-corrected chi connectivity index (χ1v) is 7.19. The average Bonchev–Trinajstić information content (AvgIpc) is 2.87. The van der Waals surface area contributed by atoms with Crippen molar-refractivity contribution in [3.05, 3.63) is 30.3 Å². The van der Waals surface area contributed by atoms with Crippen molar-refractivity contribution in [3.63, 3.8) is 0 Å². The van der Waals surface area contributed by atoms with Crippen molar-refractivity contribution < 1.29 is 9.53 Å². The molecule has 1 aromatic rings. The summed E-state index contributed by atoms with van der Waals surface area (Å²) in [5, 5.41) is 0. The van der Waals surface area contributed by atoms with E-state index in [1.165, 1.54) is 11.3 Å². The van der Waals surface area contributed by atoms with E-state index in [0.29, 0.717) is 18.3 Å². The maximum absolute atomic E-state index is 11.2. The molecule has 90 valence electrons. The molecule has 0 amide bonds. The van der Waals surface area contributed by atoms with E-state index in [0.717, 1.165) is 12.2 Å². The van der Waals surface area contributed by atoms with Crippen molar-refractivity contribution in [1.29, 1.82) is 0 Å². The third-order valence-corrected chi connectivity index (χ3v) is 5.00. The van der Waals surface area contributed by atoms with Crippen LogP contribution < -0.4 is 0 Å². The summed E-state index contributed by atoms with van der Waals surface area (Å²) in [6.07, 6.45) is 3.15. The van der Waals surface area contributed by atoms with Crippen LogP contribution in [0.5, 0.6) is 0 Å². The quantitative estimate of drug-likeness (QED) is 0.607. The van der Waals surface area contributed by atoms with Gasteiger partial charge in [-0.2, -0.15) is 0 Å². The Morgan fingerprint density at radius 3 is 2.88 bits per heavy atom. The van der Waals surface area contributed by atoms with E-state index in [9.17, 15) is 4.79 Å². The van der Waals surface area contributed by atoms with E-state index in [4.69, 9.17) is 4.74 Å². The normalized spacial score (nSPS) is 31.3. The molecule has 17 heavy (non-hydrogen) atoms. The van der Waals surface area contributed by atoms with Gasteiger partial charge in [0.1, 0.15) is 6.10 Å². The number of thioether (sulfide) groups is 1. The van der Waals surface area contributed by atoms with Gasteiger partial charge in [0.2, 0.25) is 0 Å². The molecule has 3 heteroatoms. The van der Waals surface area contributed by atoms with Crippen molar-refractivity contribution in [3.8, 4) is 0 Å². The van der Waals surface area contributed by atoms with Crippen LogP contribution in [0.15, 0.2) is 35.2 Å². The van der Waals surface area contributed by atoms with Crippen molar-refractivity contribution in [2.75, 3.05) is 5.75 Å². The summed E-state index contributed by atoms with van der Waals surface area (Å²) in [5.41, 5.74) is 0. The first-order valence-electron chi connectivity index (χ1n) is 6.20. The van der Waals surface area contributed by atoms with Crippen LogP contribution in [-0.2, 0) is 9.53 Å². The number of rotatable bonds is 3. The molecule has 2 aliphatic rings. The van der Waals surface area contributed by atoms with E-state index in [2.05, 4.69) is 24.3 Å². The Kier molecular flexibility index (Phi) is 3.10. The first kappa shape index (κ1) is 11.1. The van der Waals surface area contributed by atoms with Gasteiger partial charge in [0.15, 0.2) is 0 Å². The summed E-state index contributed by atoms with van der Waals surface area (Å²) in [6.45, 7) is 0. The molecule has 0 radical (unpaired) electrons. The summed E-state index contributed by atoms with van der Waals surface area (Å²) in [4.78, 5) is 12.6. The monoisotopic (exact) mass is 248 g/mol. The highest BCUT2D eigenvalue weighted by Crippen LogP contribution is 2.43. The van der Waals surface area contributed by atoms with Crippen LogP contribution in [0.25, 0.3) is 0 Å². The van der Waals surface area contributed by atoms with Gasteiger partial charge in [-0.1, -0.05) is 18.2 Å². The lowest BCUT2D eigenvalue weighted by Crippen LogP contribution is -2.15. The Labute approximate surface area is 106 Å². The Morgan fingerprint density at radius 2 is 2.06 bits per heavy atom. The van der Waals surface area contributed by atoms with Gasteiger partial charge in [-0.25, -0.2) is 0 Å². The molecule has 0 bridgehead atoms. The fourth-order valence-electron chi connectivity index (χ4n) is 2.89. The van der Waals surface area contributed by atoms with Crippen LogP contribution >= 0.6 is 11.8 Å². The highest BCUT2D eigenvalue weighted by molar-refractivity contribution is 7.99. The van der Waals surface area contributed by atoms with Crippen molar-refractivity contribution >= 4 is 17.7 Å². The summed E-state index contributed by atoms with van der Waals surface area (Å²) in [7, 11) is 0. The number of ether oxygens (including phenoxy) is 1. The van der Waals surface area contributed by atoms with E-state index >= 15 is 0 Å². The van der Waals surface area contributed by atoms with Crippen LogP contribution in [-0.4, -0.2) is 17.8 Å². The second-order valence-corrected chi connectivity index (χ2v) is 5.95. The molecule has 0 spiro atoms. The van der Waals surface area contributed by atoms with E-state index < -0.39 is 0 Å². The van der Waals surface area contributed by atoms with E-state index in [1.54, 1.807) is 0 Å². The molecule has 1 saturated heterocycles. The lowest BCUT2D eigenvalue weighted by atomic mass is 9.95. The van der Waals surface area contributed by atoms with Gasteiger partial charge < -0.3 is 4.74 Å². The molecular formula is C14H16O2S.